The zero-order chi connectivity index (χ0) is 13.4. The Morgan fingerprint density at radius 2 is 2.00 bits per heavy atom. The molecule has 0 bridgehead atoms. The fourth-order valence-electron chi connectivity index (χ4n) is 2.71. The molecule has 0 amide bonds. The summed E-state index contributed by atoms with van der Waals surface area (Å²) in [5, 5.41) is 0. The molecule has 0 radical (unpaired) electrons. The number of fused-ring (bicyclic) bond motifs is 1. The summed E-state index contributed by atoms with van der Waals surface area (Å²) in [7, 11) is 0. The number of hydrogen-bond acceptors (Lipinski definition) is 2. The second-order valence-electron chi connectivity index (χ2n) is 5.29. The summed E-state index contributed by atoms with van der Waals surface area (Å²) < 4.78 is 6.01. The van der Waals surface area contributed by atoms with E-state index in [0.717, 1.165) is 12.2 Å². The van der Waals surface area contributed by atoms with E-state index < -0.39 is 0 Å². The third kappa shape index (κ3) is 2.13. The Bertz CT molecular complexity index is 619. The Morgan fingerprint density at radius 3 is 2.79 bits per heavy atom. The predicted molar refractivity (Wildman–Crippen MR) is 78.5 cm³/mol. The third-order valence-electron chi connectivity index (χ3n) is 3.77. The van der Waals surface area contributed by atoms with Crippen LogP contribution in [-0.2, 0) is 6.42 Å². The van der Waals surface area contributed by atoms with E-state index in [-0.39, 0.29) is 6.10 Å². The number of nitrogens with two attached hydrogens (primary N) is 1. The van der Waals surface area contributed by atoms with Crippen molar-refractivity contribution in [3.63, 3.8) is 0 Å². The molecule has 2 aromatic carbocycles. The summed E-state index contributed by atoms with van der Waals surface area (Å²) in [4.78, 5) is 0. The highest BCUT2D eigenvalue weighted by Gasteiger charge is 2.24. The van der Waals surface area contributed by atoms with Crippen molar-refractivity contribution in [2.75, 3.05) is 6.54 Å². The molecular weight excluding hydrogens is 234 g/mol. The Kier molecular flexibility index (Phi) is 3.03. The van der Waals surface area contributed by atoms with Crippen molar-refractivity contribution in [2.45, 2.75) is 26.4 Å². The lowest BCUT2D eigenvalue weighted by Crippen LogP contribution is -2.24. The van der Waals surface area contributed by atoms with Crippen LogP contribution in [0.3, 0.4) is 0 Å². The van der Waals surface area contributed by atoms with E-state index in [2.05, 4.69) is 50.2 Å². The van der Waals surface area contributed by atoms with Gasteiger partial charge in [0.2, 0.25) is 0 Å². The van der Waals surface area contributed by atoms with E-state index in [4.69, 9.17) is 10.5 Å². The molecule has 1 atom stereocenters. The molecule has 0 aliphatic carbocycles. The summed E-state index contributed by atoms with van der Waals surface area (Å²) in [6.45, 7) is 4.83. The Morgan fingerprint density at radius 1 is 1.16 bits per heavy atom. The van der Waals surface area contributed by atoms with Crippen molar-refractivity contribution in [2.24, 2.45) is 5.73 Å². The number of aryl methyl sites for hydroxylation is 2. The molecular formula is C17H19NO. The van der Waals surface area contributed by atoms with E-state index in [9.17, 15) is 0 Å². The number of para-hydroxylation sites is 1. The van der Waals surface area contributed by atoms with Crippen molar-refractivity contribution in [3.8, 4) is 16.9 Å². The number of rotatable bonds is 2. The zero-order valence-electron chi connectivity index (χ0n) is 11.4. The van der Waals surface area contributed by atoms with Gasteiger partial charge in [-0.2, -0.15) is 0 Å². The van der Waals surface area contributed by atoms with E-state index in [1.54, 1.807) is 0 Å². The summed E-state index contributed by atoms with van der Waals surface area (Å²) in [5.41, 5.74) is 12.0. The minimum atomic E-state index is 0.126. The highest BCUT2D eigenvalue weighted by atomic mass is 16.5. The maximum Gasteiger partial charge on any atom is 0.130 e. The van der Waals surface area contributed by atoms with Crippen molar-refractivity contribution < 1.29 is 4.74 Å². The van der Waals surface area contributed by atoms with Gasteiger partial charge in [0.25, 0.3) is 0 Å². The molecule has 2 nitrogen and oxygen atoms in total. The molecule has 3 rings (SSSR count). The molecule has 0 saturated heterocycles. The van der Waals surface area contributed by atoms with Crippen molar-refractivity contribution in [3.05, 3.63) is 53.1 Å². The average Bonchev–Trinajstić information content (AvgIpc) is 2.84. The Hall–Kier alpha value is -1.80. The molecule has 0 spiro atoms. The van der Waals surface area contributed by atoms with Gasteiger partial charge in [0.05, 0.1) is 0 Å². The molecule has 2 aromatic rings. The number of benzene rings is 2. The lowest BCUT2D eigenvalue weighted by Gasteiger charge is -2.13. The highest BCUT2D eigenvalue weighted by molar-refractivity contribution is 5.76. The Labute approximate surface area is 114 Å². The molecule has 0 aromatic heterocycles. The first-order valence-electron chi connectivity index (χ1n) is 6.75. The molecule has 1 aliphatic heterocycles. The smallest absolute Gasteiger partial charge is 0.130 e. The van der Waals surface area contributed by atoms with E-state index in [1.165, 1.54) is 27.8 Å². The van der Waals surface area contributed by atoms with Crippen molar-refractivity contribution in [1.82, 2.24) is 0 Å². The molecule has 98 valence electrons. The maximum absolute atomic E-state index is 6.01. The fourth-order valence-corrected chi connectivity index (χ4v) is 2.71. The molecule has 1 aliphatic rings. The molecule has 2 heteroatoms. The van der Waals surface area contributed by atoms with Gasteiger partial charge in [-0.15, -0.1) is 0 Å². The topological polar surface area (TPSA) is 35.2 Å². The van der Waals surface area contributed by atoms with Gasteiger partial charge in [0.1, 0.15) is 11.9 Å². The van der Waals surface area contributed by atoms with Gasteiger partial charge in [0.15, 0.2) is 0 Å². The predicted octanol–water partition coefficient (Wildman–Crippen LogP) is 3.23. The second-order valence-corrected chi connectivity index (χ2v) is 5.29. The standard InChI is InChI=1S/C17H19NO/c1-11-6-7-12(2)16(8-11)15-5-3-4-13-9-14(10-18)19-17(13)15/h3-8,14H,9-10,18H2,1-2H3/t14-/m0/s1. The molecule has 0 saturated carbocycles. The SMILES string of the molecule is Cc1ccc(C)c(-c2cccc3c2O[C@H](CN)C3)c1. The first kappa shape index (κ1) is 12.2. The van der Waals surface area contributed by atoms with Crippen LogP contribution in [0.4, 0.5) is 0 Å². The third-order valence-corrected chi connectivity index (χ3v) is 3.77. The monoisotopic (exact) mass is 253 g/mol. The second kappa shape index (κ2) is 4.71. The summed E-state index contributed by atoms with van der Waals surface area (Å²) in [6.07, 6.45) is 1.05. The van der Waals surface area contributed by atoms with Gasteiger partial charge < -0.3 is 10.5 Å². The van der Waals surface area contributed by atoms with Crippen molar-refractivity contribution >= 4 is 0 Å². The van der Waals surface area contributed by atoms with Crippen LogP contribution in [0.15, 0.2) is 36.4 Å². The largest absolute Gasteiger partial charge is 0.488 e. The van der Waals surface area contributed by atoms with Crippen LogP contribution in [0, 0.1) is 13.8 Å². The molecule has 2 N–H and O–H groups in total. The lowest BCUT2D eigenvalue weighted by atomic mass is 9.96. The van der Waals surface area contributed by atoms with Crippen LogP contribution in [0.5, 0.6) is 5.75 Å². The number of ether oxygens (including phenoxy) is 1. The van der Waals surface area contributed by atoms with E-state index in [1.807, 2.05) is 0 Å². The highest BCUT2D eigenvalue weighted by Crippen LogP contribution is 2.39. The fraction of sp³-hybridized carbons (Fsp3) is 0.294. The van der Waals surface area contributed by atoms with Gasteiger partial charge in [-0.25, -0.2) is 0 Å². The summed E-state index contributed by atoms with van der Waals surface area (Å²) in [5.74, 6) is 1.02. The first-order valence-corrected chi connectivity index (χ1v) is 6.75. The minimum absolute atomic E-state index is 0.126. The minimum Gasteiger partial charge on any atom is -0.488 e. The Balaban J connectivity index is 2.13. The van der Waals surface area contributed by atoms with Crippen molar-refractivity contribution in [1.29, 1.82) is 0 Å². The van der Waals surface area contributed by atoms with E-state index in [0.29, 0.717) is 6.54 Å². The van der Waals surface area contributed by atoms with Crippen LogP contribution in [0.25, 0.3) is 11.1 Å². The first-order chi connectivity index (χ1) is 9.19. The summed E-state index contributed by atoms with van der Waals surface area (Å²) in [6, 6.07) is 12.9. The van der Waals surface area contributed by atoms with Gasteiger partial charge in [-0.05, 0) is 30.5 Å². The van der Waals surface area contributed by atoms with Gasteiger partial charge in [0, 0.05) is 18.5 Å². The molecule has 19 heavy (non-hydrogen) atoms. The van der Waals surface area contributed by atoms with Crippen LogP contribution < -0.4 is 10.5 Å². The molecule has 0 fully saturated rings. The normalized spacial score (nSPS) is 17.1. The lowest BCUT2D eigenvalue weighted by molar-refractivity contribution is 0.242. The number of hydrogen-bond donors (Lipinski definition) is 1. The van der Waals surface area contributed by atoms with Crippen LogP contribution in [-0.4, -0.2) is 12.6 Å². The van der Waals surface area contributed by atoms with E-state index >= 15 is 0 Å². The maximum atomic E-state index is 6.01. The molecule has 1 heterocycles. The molecule has 0 unspecified atom stereocenters. The van der Waals surface area contributed by atoms with Crippen LogP contribution >= 0.6 is 0 Å². The average molecular weight is 253 g/mol. The van der Waals surface area contributed by atoms with Gasteiger partial charge >= 0.3 is 0 Å². The van der Waals surface area contributed by atoms with Crippen LogP contribution in [0.1, 0.15) is 16.7 Å². The van der Waals surface area contributed by atoms with Gasteiger partial charge in [-0.1, -0.05) is 42.0 Å². The summed E-state index contributed by atoms with van der Waals surface area (Å²) >= 11 is 0. The van der Waals surface area contributed by atoms with Gasteiger partial charge in [-0.3, -0.25) is 0 Å². The van der Waals surface area contributed by atoms with Crippen LogP contribution in [0.2, 0.25) is 0 Å². The zero-order valence-corrected chi connectivity index (χ0v) is 11.4. The quantitative estimate of drug-likeness (QED) is 0.891.